The van der Waals surface area contributed by atoms with Gasteiger partial charge in [-0.2, -0.15) is 0 Å². The number of benzene rings is 2. The van der Waals surface area contributed by atoms with Gasteiger partial charge in [0.2, 0.25) is 0 Å². The zero-order valence-corrected chi connectivity index (χ0v) is 22.8. The first-order chi connectivity index (χ1) is 16.7. The number of fused-ring (bicyclic) bond motifs is 2. The van der Waals surface area contributed by atoms with E-state index in [-0.39, 0.29) is 24.8 Å². The number of aryl methyl sites for hydroxylation is 2. The molecule has 0 radical (unpaired) electrons. The van der Waals surface area contributed by atoms with Gasteiger partial charge in [-0.25, -0.2) is 0 Å². The molecule has 6 heteroatoms. The van der Waals surface area contributed by atoms with Crippen LogP contribution in [0, 0.1) is 0 Å². The van der Waals surface area contributed by atoms with Crippen molar-refractivity contribution in [2.45, 2.75) is 77.0 Å². The van der Waals surface area contributed by atoms with Crippen molar-refractivity contribution in [3.8, 4) is 0 Å². The molecule has 0 spiro atoms. The fourth-order valence-corrected chi connectivity index (χ4v) is 4.80. The molecule has 0 aliphatic carbocycles. The van der Waals surface area contributed by atoms with Gasteiger partial charge in [-0.1, -0.05) is 87.8 Å². The zero-order valence-electron chi connectivity index (χ0n) is 21.1. The molecule has 194 valence electrons. The first kappa shape index (κ1) is 29.7. The van der Waals surface area contributed by atoms with Crippen molar-refractivity contribution >= 4 is 58.0 Å². The van der Waals surface area contributed by atoms with Gasteiger partial charge < -0.3 is 11.5 Å². The van der Waals surface area contributed by atoms with Gasteiger partial charge in [0.1, 0.15) is 0 Å². The summed E-state index contributed by atoms with van der Waals surface area (Å²) in [5.41, 5.74) is 18.3. The van der Waals surface area contributed by atoms with E-state index in [1.807, 2.05) is 60.7 Å². The number of nitrogen functional groups attached to an aromatic ring is 2. The molecule has 0 amide bonds. The fourth-order valence-electron chi connectivity index (χ4n) is 4.80. The number of hydrogen-bond acceptors (Lipinski definition) is 4. The maximum absolute atomic E-state index is 6.19. The van der Waals surface area contributed by atoms with Crippen molar-refractivity contribution in [1.29, 1.82) is 0 Å². The summed E-state index contributed by atoms with van der Waals surface area (Å²) in [6.45, 7) is 0. The molecule has 0 unspecified atom stereocenters. The molecule has 2 aromatic heterocycles. The summed E-state index contributed by atoms with van der Waals surface area (Å²) in [6, 6.07) is 20.4. The second-order valence-corrected chi connectivity index (χ2v) is 9.48. The molecule has 0 atom stereocenters. The van der Waals surface area contributed by atoms with Crippen molar-refractivity contribution in [3.63, 3.8) is 0 Å². The van der Waals surface area contributed by atoms with Crippen LogP contribution in [0.4, 0.5) is 11.4 Å². The molecule has 0 aliphatic heterocycles. The lowest BCUT2D eigenvalue weighted by atomic mass is 10.0. The van der Waals surface area contributed by atoms with Gasteiger partial charge in [-0.15, -0.1) is 24.8 Å². The molecule has 4 rings (SSSR count). The van der Waals surface area contributed by atoms with Gasteiger partial charge in [-0.05, 0) is 49.9 Å². The van der Waals surface area contributed by atoms with Gasteiger partial charge in [0, 0.05) is 33.5 Å². The topological polar surface area (TPSA) is 77.8 Å². The summed E-state index contributed by atoms with van der Waals surface area (Å²) < 4.78 is 0. The Bertz CT molecular complexity index is 1120. The number of nitrogens with two attached hydrogens (primary N) is 2. The van der Waals surface area contributed by atoms with Crippen LogP contribution in [0.15, 0.2) is 60.7 Å². The van der Waals surface area contributed by atoms with Crippen LogP contribution >= 0.6 is 24.8 Å². The first-order valence-electron chi connectivity index (χ1n) is 13.0. The predicted molar refractivity (Wildman–Crippen MR) is 160 cm³/mol. The highest BCUT2D eigenvalue weighted by Crippen LogP contribution is 2.22. The molecule has 0 saturated carbocycles. The van der Waals surface area contributed by atoms with Gasteiger partial charge in [-0.3, -0.25) is 9.97 Å². The van der Waals surface area contributed by atoms with Gasteiger partial charge in [0.15, 0.2) is 0 Å². The van der Waals surface area contributed by atoms with Crippen LogP contribution < -0.4 is 11.5 Å². The van der Waals surface area contributed by atoms with Crippen molar-refractivity contribution in [2.75, 3.05) is 11.5 Å². The Labute approximate surface area is 228 Å². The lowest BCUT2D eigenvalue weighted by Crippen LogP contribution is -1.96. The molecular weight excluding hydrogens is 487 g/mol. The van der Waals surface area contributed by atoms with E-state index in [2.05, 4.69) is 0 Å². The average molecular weight is 528 g/mol. The molecule has 4 N–H and O–H groups in total. The monoisotopic (exact) mass is 526 g/mol. The third-order valence-corrected chi connectivity index (χ3v) is 6.72. The van der Waals surface area contributed by atoms with Gasteiger partial charge >= 0.3 is 0 Å². The predicted octanol–water partition coefficient (Wildman–Crippen LogP) is 8.48. The number of anilines is 2. The molecule has 0 bridgehead atoms. The maximum Gasteiger partial charge on any atom is 0.0725 e. The Kier molecular flexibility index (Phi) is 12.8. The number of pyridine rings is 2. The number of hydrogen-bond donors (Lipinski definition) is 2. The van der Waals surface area contributed by atoms with Gasteiger partial charge in [0.05, 0.1) is 11.0 Å². The first-order valence-corrected chi connectivity index (χ1v) is 13.0. The number of unbranched alkanes of at least 4 members (excludes halogenated alkanes) is 9. The summed E-state index contributed by atoms with van der Waals surface area (Å²) in [5.74, 6) is 0. The number of aromatic nitrogens is 2. The van der Waals surface area contributed by atoms with E-state index in [0.29, 0.717) is 0 Å². The van der Waals surface area contributed by atoms with Crippen LogP contribution in [0.3, 0.4) is 0 Å². The van der Waals surface area contributed by atoms with E-state index in [0.717, 1.165) is 57.4 Å². The smallest absolute Gasteiger partial charge is 0.0725 e. The molecule has 4 aromatic rings. The van der Waals surface area contributed by atoms with Crippen LogP contribution in [0.5, 0.6) is 0 Å². The SMILES string of the molecule is Cl.Cl.Nc1cc(CCCCCCCCCCCCc2cc(N)c3ccccc3n2)nc2ccccc12. The van der Waals surface area contributed by atoms with Crippen LogP contribution in [0.25, 0.3) is 21.8 Å². The van der Waals surface area contributed by atoms with E-state index >= 15 is 0 Å². The van der Waals surface area contributed by atoms with Crippen molar-refractivity contribution in [2.24, 2.45) is 0 Å². The fraction of sp³-hybridized carbons (Fsp3) is 0.400. The Hall–Kier alpha value is -2.56. The third-order valence-electron chi connectivity index (χ3n) is 6.72. The van der Waals surface area contributed by atoms with E-state index in [1.54, 1.807) is 0 Å². The third kappa shape index (κ3) is 8.53. The van der Waals surface area contributed by atoms with Crippen molar-refractivity contribution < 1.29 is 0 Å². The van der Waals surface area contributed by atoms with Crippen molar-refractivity contribution in [3.05, 3.63) is 72.1 Å². The highest BCUT2D eigenvalue weighted by atomic mass is 35.5. The van der Waals surface area contributed by atoms with Crippen LogP contribution in [-0.4, -0.2) is 9.97 Å². The minimum absolute atomic E-state index is 0. The summed E-state index contributed by atoms with van der Waals surface area (Å²) in [6.07, 6.45) is 15.0. The summed E-state index contributed by atoms with van der Waals surface area (Å²) in [4.78, 5) is 9.53. The van der Waals surface area contributed by atoms with Crippen LogP contribution in [0.2, 0.25) is 0 Å². The summed E-state index contributed by atoms with van der Waals surface area (Å²) >= 11 is 0. The highest BCUT2D eigenvalue weighted by molar-refractivity contribution is 5.90. The maximum atomic E-state index is 6.19. The largest absolute Gasteiger partial charge is 0.398 e. The average Bonchev–Trinajstić information content (AvgIpc) is 2.85. The number of halogens is 2. The number of para-hydroxylation sites is 2. The standard InChI is InChI=1S/C30H38N4.2ClH/c31-27-21-23(33-29-19-13-11-17-25(27)29)15-9-7-5-3-1-2-4-6-8-10-16-24-22-28(32)26-18-12-14-20-30(26)34-24;;/h11-14,17-22H,1-10,15-16H2,(H2,31,33)(H2,32,34);2*1H. The number of rotatable bonds is 13. The van der Waals surface area contributed by atoms with E-state index in [1.165, 1.54) is 64.2 Å². The van der Waals surface area contributed by atoms with E-state index in [4.69, 9.17) is 21.4 Å². The number of nitrogens with zero attached hydrogens (tertiary/aromatic N) is 2. The minimum atomic E-state index is 0. The molecular formula is C30H40Cl2N4. The molecule has 2 heterocycles. The lowest BCUT2D eigenvalue weighted by molar-refractivity contribution is 0.550. The summed E-state index contributed by atoms with van der Waals surface area (Å²) in [7, 11) is 0. The Balaban J connectivity index is 0.00000228. The van der Waals surface area contributed by atoms with Crippen LogP contribution in [-0.2, 0) is 12.8 Å². The molecule has 2 aromatic carbocycles. The lowest BCUT2D eigenvalue weighted by Gasteiger charge is -2.07. The molecule has 36 heavy (non-hydrogen) atoms. The quantitative estimate of drug-likeness (QED) is 0.171. The minimum Gasteiger partial charge on any atom is -0.398 e. The Morgan fingerprint density at radius 3 is 1.19 bits per heavy atom. The van der Waals surface area contributed by atoms with E-state index < -0.39 is 0 Å². The van der Waals surface area contributed by atoms with Gasteiger partial charge in [0.25, 0.3) is 0 Å². The molecule has 0 aliphatic rings. The molecule has 0 saturated heterocycles. The Morgan fingerprint density at radius 1 is 0.472 bits per heavy atom. The summed E-state index contributed by atoms with van der Waals surface area (Å²) in [5, 5.41) is 2.11. The molecule has 0 fully saturated rings. The van der Waals surface area contributed by atoms with Crippen LogP contribution in [0.1, 0.15) is 75.6 Å². The second kappa shape index (κ2) is 15.5. The normalized spacial score (nSPS) is 10.8. The zero-order chi connectivity index (χ0) is 23.6. The Morgan fingerprint density at radius 2 is 0.806 bits per heavy atom. The van der Waals surface area contributed by atoms with E-state index in [9.17, 15) is 0 Å². The highest BCUT2D eigenvalue weighted by Gasteiger charge is 2.04. The molecule has 4 nitrogen and oxygen atoms in total. The second-order valence-electron chi connectivity index (χ2n) is 9.48. The van der Waals surface area contributed by atoms with Crippen molar-refractivity contribution in [1.82, 2.24) is 9.97 Å².